The summed E-state index contributed by atoms with van der Waals surface area (Å²) in [6.07, 6.45) is 0.167. The minimum atomic E-state index is -3.82. The molecule has 3 aromatic rings. The lowest BCUT2D eigenvalue weighted by atomic mass is 10.0. The smallest absolute Gasteiger partial charge is 0.239 e. The van der Waals surface area contributed by atoms with Gasteiger partial charge in [-0.25, -0.2) is 13.6 Å². The van der Waals surface area contributed by atoms with Crippen LogP contribution >= 0.6 is 0 Å². The highest BCUT2D eigenvalue weighted by Gasteiger charge is 2.14. The molecule has 4 N–H and O–H groups in total. The van der Waals surface area contributed by atoms with Gasteiger partial charge in [-0.3, -0.25) is 9.59 Å². The normalized spacial score (nSPS) is 12.3. The Morgan fingerprint density at radius 2 is 1.67 bits per heavy atom. The summed E-state index contributed by atoms with van der Waals surface area (Å²) in [5.41, 5.74) is 1.48. The molecule has 0 aliphatic carbocycles. The van der Waals surface area contributed by atoms with Crippen LogP contribution < -0.4 is 15.8 Å². The highest BCUT2D eigenvalue weighted by Crippen LogP contribution is 2.19. The van der Waals surface area contributed by atoms with Crippen LogP contribution in [0.25, 0.3) is 10.8 Å². The lowest BCUT2D eigenvalue weighted by molar-refractivity contribution is -0.126. The monoisotopic (exact) mass is 425 g/mol. The quantitative estimate of drug-likeness (QED) is 0.537. The zero-order chi connectivity index (χ0) is 21.7. The molecule has 156 valence electrons. The van der Waals surface area contributed by atoms with Gasteiger partial charge < -0.3 is 10.6 Å². The first-order chi connectivity index (χ1) is 14.2. The van der Waals surface area contributed by atoms with Crippen LogP contribution in [0.3, 0.4) is 0 Å². The lowest BCUT2D eigenvalue weighted by Crippen LogP contribution is -2.38. The van der Waals surface area contributed by atoms with Gasteiger partial charge in [-0.05, 0) is 41.0 Å². The Kier molecular flexibility index (Phi) is 6.49. The highest BCUT2D eigenvalue weighted by molar-refractivity contribution is 7.89. The number of amides is 2. The molecule has 0 radical (unpaired) electrons. The van der Waals surface area contributed by atoms with E-state index < -0.39 is 16.1 Å². The van der Waals surface area contributed by atoms with Gasteiger partial charge in [0.2, 0.25) is 21.8 Å². The van der Waals surface area contributed by atoms with Gasteiger partial charge in [-0.2, -0.15) is 0 Å². The van der Waals surface area contributed by atoms with E-state index in [0.29, 0.717) is 5.56 Å². The number of carbonyl (C=O) groups is 2. The maximum Gasteiger partial charge on any atom is 0.239 e. The molecule has 8 heteroatoms. The Balaban J connectivity index is 1.56. The molecule has 0 spiro atoms. The zero-order valence-electron chi connectivity index (χ0n) is 16.5. The van der Waals surface area contributed by atoms with Gasteiger partial charge in [0.05, 0.1) is 23.9 Å². The second-order valence-corrected chi connectivity index (χ2v) is 8.56. The fourth-order valence-electron chi connectivity index (χ4n) is 3.20. The van der Waals surface area contributed by atoms with Crippen LogP contribution in [0.2, 0.25) is 0 Å². The van der Waals surface area contributed by atoms with Crippen molar-refractivity contribution in [3.63, 3.8) is 0 Å². The van der Waals surface area contributed by atoms with Crippen molar-refractivity contribution >= 4 is 32.6 Å². The van der Waals surface area contributed by atoms with E-state index in [-0.39, 0.29) is 29.7 Å². The fraction of sp³-hybridized carbons (Fsp3) is 0.182. The van der Waals surface area contributed by atoms with E-state index in [1.54, 1.807) is 19.1 Å². The van der Waals surface area contributed by atoms with E-state index in [1.165, 1.54) is 12.1 Å². The van der Waals surface area contributed by atoms with Crippen LogP contribution in [0.1, 0.15) is 24.1 Å². The Morgan fingerprint density at radius 1 is 0.967 bits per heavy atom. The Labute approximate surface area is 175 Å². The number of primary sulfonamides is 1. The third-order valence-electron chi connectivity index (χ3n) is 4.74. The number of nitrogens with one attached hydrogen (secondary N) is 2. The van der Waals surface area contributed by atoms with Crippen molar-refractivity contribution < 1.29 is 18.0 Å². The number of benzene rings is 3. The summed E-state index contributed by atoms with van der Waals surface area (Å²) in [7, 11) is -3.82. The van der Waals surface area contributed by atoms with Crippen LogP contribution in [0.4, 0.5) is 0 Å². The third-order valence-corrected chi connectivity index (χ3v) is 5.65. The van der Waals surface area contributed by atoms with E-state index in [0.717, 1.165) is 16.3 Å². The van der Waals surface area contributed by atoms with Crippen LogP contribution in [-0.2, 0) is 26.0 Å². The van der Waals surface area contributed by atoms with Crippen molar-refractivity contribution in [1.29, 1.82) is 0 Å². The number of fused-ring (bicyclic) bond motifs is 1. The predicted molar refractivity (Wildman–Crippen MR) is 115 cm³/mol. The molecule has 1 atom stereocenters. The van der Waals surface area contributed by atoms with Gasteiger partial charge in [0.15, 0.2) is 0 Å². The summed E-state index contributed by atoms with van der Waals surface area (Å²) in [6.45, 7) is 1.54. The Bertz CT molecular complexity index is 1190. The van der Waals surface area contributed by atoms with Crippen molar-refractivity contribution in [3.05, 3.63) is 77.9 Å². The molecule has 0 aromatic heterocycles. The molecule has 0 aliphatic heterocycles. The number of hydrogen-bond donors (Lipinski definition) is 3. The summed E-state index contributed by atoms with van der Waals surface area (Å²) in [4.78, 5) is 24.5. The van der Waals surface area contributed by atoms with Gasteiger partial charge in [0.25, 0.3) is 0 Å². The first-order valence-electron chi connectivity index (χ1n) is 9.39. The molecule has 0 saturated carbocycles. The molecule has 7 nitrogen and oxygen atoms in total. The van der Waals surface area contributed by atoms with E-state index in [1.807, 2.05) is 42.5 Å². The third kappa shape index (κ3) is 5.43. The van der Waals surface area contributed by atoms with Crippen LogP contribution in [0, 0.1) is 0 Å². The van der Waals surface area contributed by atoms with E-state index in [9.17, 15) is 18.0 Å². The molecule has 3 aromatic carbocycles. The SMILES string of the molecule is CC(NC(=O)CNC(=O)Cc1cccc2ccccc12)c1cccc(S(N)(=O)=O)c1. The average molecular weight is 426 g/mol. The minimum absolute atomic E-state index is 0.0236. The maximum absolute atomic E-state index is 12.3. The van der Waals surface area contributed by atoms with Crippen molar-refractivity contribution in [2.24, 2.45) is 5.14 Å². The number of sulfonamides is 1. The van der Waals surface area contributed by atoms with Crippen molar-refractivity contribution in [2.75, 3.05) is 6.54 Å². The molecule has 0 fully saturated rings. The van der Waals surface area contributed by atoms with Gasteiger partial charge in [-0.15, -0.1) is 0 Å². The first-order valence-corrected chi connectivity index (χ1v) is 10.9. The first kappa shape index (κ1) is 21.5. The number of carbonyl (C=O) groups excluding carboxylic acids is 2. The Hall–Kier alpha value is -3.23. The molecule has 3 rings (SSSR count). The molecule has 0 heterocycles. The molecule has 1 unspecified atom stereocenters. The molecule has 30 heavy (non-hydrogen) atoms. The number of rotatable bonds is 7. The van der Waals surface area contributed by atoms with E-state index in [4.69, 9.17) is 5.14 Å². The molecule has 2 amide bonds. The molecule has 0 saturated heterocycles. The van der Waals surface area contributed by atoms with Gasteiger partial charge in [0.1, 0.15) is 0 Å². The molecular formula is C22H23N3O4S. The van der Waals surface area contributed by atoms with E-state index >= 15 is 0 Å². The average Bonchev–Trinajstić information content (AvgIpc) is 2.72. The zero-order valence-corrected chi connectivity index (χ0v) is 17.3. The largest absolute Gasteiger partial charge is 0.348 e. The van der Waals surface area contributed by atoms with Crippen molar-refractivity contribution in [3.8, 4) is 0 Å². The summed E-state index contributed by atoms with van der Waals surface area (Å²) in [5, 5.41) is 12.6. The Morgan fingerprint density at radius 3 is 2.43 bits per heavy atom. The number of hydrogen-bond acceptors (Lipinski definition) is 4. The van der Waals surface area contributed by atoms with Crippen molar-refractivity contribution in [2.45, 2.75) is 24.3 Å². The van der Waals surface area contributed by atoms with Gasteiger partial charge in [0, 0.05) is 0 Å². The second kappa shape index (κ2) is 9.06. The standard InChI is InChI=1S/C22H23N3O4S/c1-15(17-8-5-10-19(12-17)30(23,28)29)25-22(27)14-24-21(26)13-18-9-4-7-16-6-2-3-11-20(16)18/h2-12,15H,13-14H2,1H3,(H,24,26)(H,25,27)(H2,23,28,29). The molecule has 0 bridgehead atoms. The topological polar surface area (TPSA) is 118 Å². The summed E-state index contributed by atoms with van der Waals surface area (Å²) >= 11 is 0. The minimum Gasteiger partial charge on any atom is -0.348 e. The van der Waals surface area contributed by atoms with Gasteiger partial charge >= 0.3 is 0 Å². The van der Waals surface area contributed by atoms with Crippen LogP contribution in [0.15, 0.2) is 71.6 Å². The van der Waals surface area contributed by atoms with Crippen LogP contribution in [0.5, 0.6) is 0 Å². The summed E-state index contributed by atoms with van der Waals surface area (Å²) < 4.78 is 23.0. The predicted octanol–water partition coefficient (Wildman–Crippen LogP) is 2.02. The summed E-state index contributed by atoms with van der Waals surface area (Å²) in [5.74, 6) is -0.639. The molecular weight excluding hydrogens is 402 g/mol. The summed E-state index contributed by atoms with van der Waals surface area (Å²) in [6, 6.07) is 19.2. The maximum atomic E-state index is 12.3. The van der Waals surface area contributed by atoms with Crippen LogP contribution in [-0.4, -0.2) is 26.8 Å². The lowest BCUT2D eigenvalue weighted by Gasteiger charge is -2.15. The molecule has 0 aliphatic rings. The van der Waals surface area contributed by atoms with Crippen molar-refractivity contribution in [1.82, 2.24) is 10.6 Å². The highest BCUT2D eigenvalue weighted by atomic mass is 32.2. The van der Waals surface area contributed by atoms with Gasteiger partial charge in [-0.1, -0.05) is 54.6 Å². The number of nitrogens with two attached hydrogens (primary N) is 1. The van der Waals surface area contributed by atoms with E-state index in [2.05, 4.69) is 10.6 Å². The second-order valence-electron chi connectivity index (χ2n) is 7.00. The fourth-order valence-corrected chi connectivity index (χ4v) is 3.77.